The topological polar surface area (TPSA) is 69.4 Å². The minimum Gasteiger partial charge on any atom is -0.458 e. The molecule has 1 aromatic carbocycles. The first-order valence-corrected chi connectivity index (χ1v) is 6.29. The van der Waals surface area contributed by atoms with Crippen LogP contribution >= 0.6 is 0 Å². The van der Waals surface area contributed by atoms with E-state index in [1.54, 1.807) is 20.8 Å². The van der Waals surface area contributed by atoms with Crippen LogP contribution in [0.2, 0.25) is 0 Å². The standard InChI is InChI=1S/C15H21NO3/c1-14(2,3)19-13(18)15(16,11-17)10-9-12-7-5-4-6-8-12/h4-8,11H,9-10,16H2,1-3H3/t15-/m0/s1. The first-order chi connectivity index (χ1) is 8.77. The molecule has 0 radical (unpaired) electrons. The van der Waals surface area contributed by atoms with Crippen LogP contribution < -0.4 is 5.73 Å². The van der Waals surface area contributed by atoms with E-state index in [0.29, 0.717) is 12.7 Å². The third-order valence-electron chi connectivity index (χ3n) is 2.66. The quantitative estimate of drug-likeness (QED) is 0.500. The lowest BCUT2D eigenvalue weighted by atomic mass is 9.93. The summed E-state index contributed by atoms with van der Waals surface area (Å²) in [7, 11) is 0. The van der Waals surface area contributed by atoms with Crippen LogP contribution in [0.15, 0.2) is 30.3 Å². The fraction of sp³-hybridized carbons (Fsp3) is 0.467. The monoisotopic (exact) mass is 263 g/mol. The van der Waals surface area contributed by atoms with Gasteiger partial charge in [0.1, 0.15) is 5.60 Å². The van der Waals surface area contributed by atoms with E-state index in [1.165, 1.54) is 0 Å². The van der Waals surface area contributed by atoms with Crippen molar-refractivity contribution in [3.05, 3.63) is 35.9 Å². The second-order valence-electron chi connectivity index (χ2n) is 5.65. The van der Waals surface area contributed by atoms with E-state index in [2.05, 4.69) is 0 Å². The smallest absolute Gasteiger partial charge is 0.334 e. The Morgan fingerprint density at radius 2 is 1.84 bits per heavy atom. The molecule has 104 valence electrons. The van der Waals surface area contributed by atoms with Crippen molar-refractivity contribution in [3.63, 3.8) is 0 Å². The zero-order valence-corrected chi connectivity index (χ0v) is 11.7. The van der Waals surface area contributed by atoms with E-state index >= 15 is 0 Å². The number of aldehydes is 1. The van der Waals surface area contributed by atoms with Crippen molar-refractivity contribution in [1.82, 2.24) is 0 Å². The second-order valence-corrected chi connectivity index (χ2v) is 5.65. The van der Waals surface area contributed by atoms with Gasteiger partial charge in [-0.05, 0) is 39.2 Å². The molecule has 1 rings (SSSR count). The van der Waals surface area contributed by atoms with Crippen molar-refractivity contribution in [2.45, 2.75) is 44.8 Å². The normalized spacial score (nSPS) is 14.5. The molecule has 0 fully saturated rings. The lowest BCUT2D eigenvalue weighted by Gasteiger charge is -2.27. The SMILES string of the molecule is CC(C)(C)OC(=O)[C@@](N)(C=O)CCc1ccccc1. The minimum absolute atomic E-state index is 0.232. The number of nitrogens with two attached hydrogens (primary N) is 1. The van der Waals surface area contributed by atoms with Crippen molar-refractivity contribution in [2.24, 2.45) is 5.73 Å². The van der Waals surface area contributed by atoms with E-state index in [1.807, 2.05) is 30.3 Å². The molecule has 0 heterocycles. The maximum Gasteiger partial charge on any atom is 0.334 e. The van der Waals surface area contributed by atoms with Gasteiger partial charge in [0.15, 0.2) is 11.8 Å². The summed E-state index contributed by atoms with van der Waals surface area (Å²) in [5, 5.41) is 0. The van der Waals surface area contributed by atoms with Gasteiger partial charge in [-0.3, -0.25) is 0 Å². The summed E-state index contributed by atoms with van der Waals surface area (Å²) < 4.78 is 5.19. The molecule has 0 bridgehead atoms. The van der Waals surface area contributed by atoms with E-state index in [-0.39, 0.29) is 6.42 Å². The summed E-state index contributed by atoms with van der Waals surface area (Å²) in [5.41, 5.74) is 4.65. The van der Waals surface area contributed by atoms with E-state index in [9.17, 15) is 9.59 Å². The van der Waals surface area contributed by atoms with Gasteiger partial charge in [-0.2, -0.15) is 0 Å². The van der Waals surface area contributed by atoms with E-state index in [0.717, 1.165) is 5.56 Å². The van der Waals surface area contributed by atoms with Crippen LogP contribution in [0.3, 0.4) is 0 Å². The Morgan fingerprint density at radius 3 is 2.32 bits per heavy atom. The highest BCUT2D eigenvalue weighted by atomic mass is 16.6. The molecule has 0 aliphatic rings. The number of hydrogen-bond acceptors (Lipinski definition) is 4. The average molecular weight is 263 g/mol. The number of hydrogen-bond donors (Lipinski definition) is 1. The highest BCUT2D eigenvalue weighted by Crippen LogP contribution is 2.16. The van der Waals surface area contributed by atoms with Crippen LogP contribution in [0.5, 0.6) is 0 Å². The summed E-state index contributed by atoms with van der Waals surface area (Å²) in [5.74, 6) is -0.675. The Hall–Kier alpha value is -1.68. The fourth-order valence-corrected chi connectivity index (χ4v) is 1.58. The molecule has 0 aliphatic carbocycles. The van der Waals surface area contributed by atoms with Gasteiger partial charge in [-0.1, -0.05) is 30.3 Å². The van der Waals surface area contributed by atoms with Crippen LogP contribution in [-0.2, 0) is 20.7 Å². The molecule has 1 aromatic rings. The molecule has 0 aromatic heterocycles. The maximum atomic E-state index is 12.0. The zero-order chi connectivity index (χ0) is 14.5. The number of carbonyl (C=O) groups is 2. The van der Waals surface area contributed by atoms with Crippen molar-refractivity contribution in [2.75, 3.05) is 0 Å². The molecule has 4 nitrogen and oxygen atoms in total. The highest BCUT2D eigenvalue weighted by molar-refractivity contribution is 5.98. The van der Waals surface area contributed by atoms with Crippen molar-refractivity contribution >= 4 is 12.3 Å². The van der Waals surface area contributed by atoms with Gasteiger partial charge < -0.3 is 15.3 Å². The summed E-state index contributed by atoms with van der Waals surface area (Å²) in [6.07, 6.45) is 1.26. The summed E-state index contributed by atoms with van der Waals surface area (Å²) in [6, 6.07) is 9.58. The minimum atomic E-state index is -1.58. The molecule has 0 saturated heterocycles. The number of aryl methyl sites for hydroxylation is 1. The highest BCUT2D eigenvalue weighted by Gasteiger charge is 2.37. The molecule has 1 atom stereocenters. The molecule has 0 unspecified atom stereocenters. The average Bonchev–Trinajstić information content (AvgIpc) is 2.35. The van der Waals surface area contributed by atoms with Crippen molar-refractivity contribution < 1.29 is 14.3 Å². The van der Waals surface area contributed by atoms with Gasteiger partial charge in [-0.15, -0.1) is 0 Å². The number of ether oxygens (including phenoxy) is 1. The molecule has 2 N–H and O–H groups in total. The van der Waals surface area contributed by atoms with E-state index < -0.39 is 17.1 Å². The first-order valence-electron chi connectivity index (χ1n) is 6.29. The lowest BCUT2D eigenvalue weighted by molar-refractivity contribution is -0.162. The van der Waals surface area contributed by atoms with Crippen molar-refractivity contribution in [1.29, 1.82) is 0 Å². The molecule has 0 aliphatic heterocycles. The Balaban J connectivity index is 2.70. The third kappa shape index (κ3) is 4.83. The van der Waals surface area contributed by atoms with Gasteiger partial charge in [0.25, 0.3) is 0 Å². The van der Waals surface area contributed by atoms with Gasteiger partial charge >= 0.3 is 5.97 Å². The van der Waals surface area contributed by atoms with Crippen LogP contribution in [0.4, 0.5) is 0 Å². The molecule has 0 amide bonds. The van der Waals surface area contributed by atoms with Gasteiger partial charge in [-0.25, -0.2) is 4.79 Å². The Bertz CT molecular complexity index is 436. The van der Waals surface area contributed by atoms with Gasteiger partial charge in [0, 0.05) is 0 Å². The Kier molecular flexibility index (Phi) is 4.84. The molecule has 4 heteroatoms. The van der Waals surface area contributed by atoms with E-state index in [4.69, 9.17) is 10.5 Å². The van der Waals surface area contributed by atoms with Crippen molar-refractivity contribution in [3.8, 4) is 0 Å². The predicted octanol–water partition coefficient (Wildman–Crippen LogP) is 1.86. The molecule has 19 heavy (non-hydrogen) atoms. The number of benzene rings is 1. The first kappa shape index (κ1) is 15.4. The number of esters is 1. The summed E-state index contributed by atoms with van der Waals surface area (Å²) >= 11 is 0. The van der Waals surface area contributed by atoms with Crippen LogP contribution in [-0.4, -0.2) is 23.4 Å². The third-order valence-corrected chi connectivity index (χ3v) is 2.66. The largest absolute Gasteiger partial charge is 0.458 e. The fourth-order valence-electron chi connectivity index (χ4n) is 1.58. The maximum absolute atomic E-state index is 12.0. The van der Waals surface area contributed by atoms with Crippen LogP contribution in [0.25, 0.3) is 0 Å². The Morgan fingerprint density at radius 1 is 1.26 bits per heavy atom. The van der Waals surface area contributed by atoms with Gasteiger partial charge in [0.05, 0.1) is 0 Å². The number of rotatable bonds is 5. The zero-order valence-electron chi connectivity index (χ0n) is 11.7. The summed E-state index contributed by atoms with van der Waals surface area (Å²) in [4.78, 5) is 23.1. The Labute approximate surface area is 113 Å². The predicted molar refractivity (Wildman–Crippen MR) is 73.6 cm³/mol. The molecular weight excluding hydrogens is 242 g/mol. The molecule has 0 spiro atoms. The van der Waals surface area contributed by atoms with Gasteiger partial charge in [0.2, 0.25) is 0 Å². The molecule has 0 saturated carbocycles. The second kappa shape index (κ2) is 5.97. The summed E-state index contributed by atoms with van der Waals surface area (Å²) in [6.45, 7) is 5.23. The molecular formula is C15H21NO3. The number of carbonyl (C=O) groups excluding carboxylic acids is 2. The van der Waals surface area contributed by atoms with Crippen LogP contribution in [0.1, 0.15) is 32.8 Å². The van der Waals surface area contributed by atoms with Crippen LogP contribution in [0, 0.1) is 0 Å². The lowest BCUT2D eigenvalue weighted by Crippen LogP contribution is -2.52.